The van der Waals surface area contributed by atoms with Crippen LogP contribution in [0.25, 0.3) is 10.2 Å². The first-order valence-corrected chi connectivity index (χ1v) is 7.82. The molecule has 3 aromatic rings. The lowest BCUT2D eigenvalue weighted by Gasteiger charge is -2.02. The number of nitrogens with one attached hydrogen (secondary N) is 1. The highest BCUT2D eigenvalue weighted by Crippen LogP contribution is 2.29. The SMILES string of the molecule is O=C(Nc1nc2ccc(Cl)cc2s1)c1ccc(Cl)c([N+](=O)[O-])c1. The molecule has 3 rings (SSSR count). The highest BCUT2D eigenvalue weighted by Gasteiger charge is 2.17. The summed E-state index contributed by atoms with van der Waals surface area (Å²) in [4.78, 5) is 26.7. The maximum absolute atomic E-state index is 12.2. The largest absolute Gasteiger partial charge is 0.298 e. The number of halogens is 2. The number of anilines is 1. The number of carbonyl (C=O) groups excluding carboxylic acids is 1. The molecule has 0 spiro atoms. The van der Waals surface area contributed by atoms with E-state index >= 15 is 0 Å². The summed E-state index contributed by atoms with van der Waals surface area (Å²) in [5.41, 5.74) is 0.505. The second kappa shape index (κ2) is 6.11. The lowest BCUT2D eigenvalue weighted by molar-refractivity contribution is -0.384. The van der Waals surface area contributed by atoms with E-state index < -0.39 is 10.8 Å². The number of aromatic nitrogens is 1. The van der Waals surface area contributed by atoms with Crippen LogP contribution in [-0.4, -0.2) is 15.8 Å². The number of hydrogen-bond acceptors (Lipinski definition) is 5. The van der Waals surface area contributed by atoms with Crippen LogP contribution in [-0.2, 0) is 0 Å². The molecule has 0 atom stereocenters. The minimum absolute atomic E-state index is 0.0267. The molecule has 0 saturated carbocycles. The van der Waals surface area contributed by atoms with Gasteiger partial charge in [-0.1, -0.05) is 34.5 Å². The first-order valence-electron chi connectivity index (χ1n) is 6.25. The molecular formula is C14H7Cl2N3O3S. The number of carbonyl (C=O) groups is 1. The van der Waals surface area contributed by atoms with Crippen LogP contribution >= 0.6 is 34.5 Å². The zero-order valence-corrected chi connectivity index (χ0v) is 13.6. The van der Waals surface area contributed by atoms with Crippen molar-refractivity contribution in [1.82, 2.24) is 4.98 Å². The van der Waals surface area contributed by atoms with Crippen molar-refractivity contribution in [3.8, 4) is 0 Å². The van der Waals surface area contributed by atoms with Gasteiger partial charge in [0.25, 0.3) is 11.6 Å². The number of fused-ring (bicyclic) bond motifs is 1. The smallest absolute Gasteiger partial charge is 0.288 e. The number of benzene rings is 2. The van der Waals surface area contributed by atoms with Crippen LogP contribution in [0.5, 0.6) is 0 Å². The van der Waals surface area contributed by atoms with E-state index in [1.54, 1.807) is 18.2 Å². The summed E-state index contributed by atoms with van der Waals surface area (Å²) in [5, 5.41) is 14.4. The van der Waals surface area contributed by atoms with E-state index in [1.165, 1.54) is 23.5 Å². The molecule has 9 heteroatoms. The number of amides is 1. The Kier molecular flexibility index (Phi) is 4.16. The highest BCUT2D eigenvalue weighted by molar-refractivity contribution is 7.22. The Morgan fingerprint density at radius 2 is 2.00 bits per heavy atom. The monoisotopic (exact) mass is 367 g/mol. The predicted molar refractivity (Wildman–Crippen MR) is 90.7 cm³/mol. The Bertz CT molecular complexity index is 942. The maximum atomic E-state index is 12.2. The summed E-state index contributed by atoms with van der Waals surface area (Å²) < 4.78 is 0.829. The summed E-state index contributed by atoms with van der Waals surface area (Å²) in [5.74, 6) is -0.505. The predicted octanol–water partition coefficient (Wildman–Crippen LogP) is 4.76. The maximum Gasteiger partial charge on any atom is 0.288 e. The van der Waals surface area contributed by atoms with Gasteiger partial charge in [0.2, 0.25) is 0 Å². The molecule has 2 aromatic carbocycles. The van der Waals surface area contributed by atoms with Gasteiger partial charge in [0.15, 0.2) is 5.13 Å². The van der Waals surface area contributed by atoms with Gasteiger partial charge in [-0.15, -0.1) is 0 Å². The van der Waals surface area contributed by atoms with Crippen LogP contribution in [0.4, 0.5) is 10.8 Å². The quantitative estimate of drug-likeness (QED) is 0.533. The summed E-state index contributed by atoms with van der Waals surface area (Å²) >= 11 is 12.9. The molecule has 0 saturated heterocycles. The molecule has 6 nitrogen and oxygen atoms in total. The van der Waals surface area contributed by atoms with E-state index in [2.05, 4.69) is 10.3 Å². The topological polar surface area (TPSA) is 85.1 Å². The lowest BCUT2D eigenvalue weighted by atomic mass is 10.2. The molecule has 0 fully saturated rings. The van der Waals surface area contributed by atoms with Gasteiger partial charge in [-0.05, 0) is 30.3 Å². The number of nitro groups is 1. The molecular weight excluding hydrogens is 361 g/mol. The van der Waals surface area contributed by atoms with E-state index in [9.17, 15) is 14.9 Å². The van der Waals surface area contributed by atoms with Crippen molar-refractivity contribution in [1.29, 1.82) is 0 Å². The van der Waals surface area contributed by atoms with Crippen molar-refractivity contribution < 1.29 is 9.72 Å². The second-order valence-corrected chi connectivity index (χ2v) is 6.38. The summed E-state index contributed by atoms with van der Waals surface area (Å²) in [6.45, 7) is 0. The average Bonchev–Trinajstić information content (AvgIpc) is 2.88. The molecule has 0 bridgehead atoms. The van der Waals surface area contributed by atoms with Crippen LogP contribution < -0.4 is 5.32 Å². The molecule has 1 amide bonds. The zero-order valence-electron chi connectivity index (χ0n) is 11.2. The molecule has 23 heavy (non-hydrogen) atoms. The van der Waals surface area contributed by atoms with E-state index in [-0.39, 0.29) is 16.3 Å². The van der Waals surface area contributed by atoms with Crippen LogP contribution in [0.3, 0.4) is 0 Å². The van der Waals surface area contributed by atoms with Gasteiger partial charge in [-0.25, -0.2) is 4.98 Å². The molecule has 0 unspecified atom stereocenters. The van der Waals surface area contributed by atoms with Gasteiger partial charge < -0.3 is 0 Å². The van der Waals surface area contributed by atoms with Crippen molar-refractivity contribution in [2.24, 2.45) is 0 Å². The third kappa shape index (κ3) is 3.26. The molecule has 0 radical (unpaired) electrons. The summed E-state index contributed by atoms with van der Waals surface area (Å²) in [7, 11) is 0. The molecule has 0 aliphatic heterocycles. The molecule has 116 valence electrons. The van der Waals surface area contributed by atoms with Gasteiger partial charge in [0.05, 0.1) is 15.1 Å². The fourth-order valence-corrected chi connectivity index (χ4v) is 3.24. The van der Waals surface area contributed by atoms with Crippen molar-refractivity contribution in [3.63, 3.8) is 0 Å². The second-order valence-electron chi connectivity index (χ2n) is 4.51. The first-order chi connectivity index (χ1) is 10.9. The van der Waals surface area contributed by atoms with Gasteiger partial charge in [-0.2, -0.15) is 0 Å². The van der Waals surface area contributed by atoms with E-state index in [4.69, 9.17) is 23.2 Å². The van der Waals surface area contributed by atoms with E-state index in [1.807, 2.05) is 0 Å². The normalized spacial score (nSPS) is 10.7. The van der Waals surface area contributed by atoms with Gasteiger partial charge in [-0.3, -0.25) is 20.2 Å². The molecule has 1 N–H and O–H groups in total. The fraction of sp³-hybridized carbons (Fsp3) is 0. The van der Waals surface area contributed by atoms with Gasteiger partial charge in [0.1, 0.15) is 5.02 Å². The fourth-order valence-electron chi connectivity index (χ4n) is 1.92. The molecule has 0 aliphatic rings. The number of thiazole rings is 1. The van der Waals surface area contributed by atoms with E-state index in [0.29, 0.717) is 15.7 Å². The summed E-state index contributed by atoms with van der Waals surface area (Å²) in [6, 6.07) is 9.05. The molecule has 1 aromatic heterocycles. The molecule has 1 heterocycles. The van der Waals surface area contributed by atoms with Crippen molar-refractivity contribution >= 4 is 61.5 Å². The lowest BCUT2D eigenvalue weighted by Crippen LogP contribution is -2.11. The Labute approximate surface area is 143 Å². The minimum Gasteiger partial charge on any atom is -0.298 e. The van der Waals surface area contributed by atoms with Crippen molar-refractivity contribution in [2.45, 2.75) is 0 Å². The van der Waals surface area contributed by atoms with Crippen molar-refractivity contribution in [2.75, 3.05) is 5.32 Å². The third-order valence-corrected chi connectivity index (χ3v) is 4.46. The Morgan fingerprint density at radius 3 is 2.74 bits per heavy atom. The Morgan fingerprint density at radius 1 is 1.22 bits per heavy atom. The van der Waals surface area contributed by atoms with Gasteiger partial charge >= 0.3 is 0 Å². The van der Waals surface area contributed by atoms with Crippen LogP contribution in [0.15, 0.2) is 36.4 Å². The first kappa shape index (κ1) is 15.7. The number of nitro benzene ring substituents is 1. The van der Waals surface area contributed by atoms with Gasteiger partial charge in [0, 0.05) is 16.7 Å². The number of rotatable bonds is 3. The number of nitrogens with zero attached hydrogens (tertiary/aromatic N) is 2. The average molecular weight is 368 g/mol. The standard InChI is InChI=1S/C14H7Cl2N3O3S/c15-8-2-4-10-12(6-8)23-14(17-10)18-13(20)7-1-3-9(16)11(5-7)19(21)22/h1-6H,(H,17,18,20). The highest BCUT2D eigenvalue weighted by atomic mass is 35.5. The molecule has 0 aliphatic carbocycles. The minimum atomic E-state index is -0.640. The van der Waals surface area contributed by atoms with Crippen LogP contribution in [0.2, 0.25) is 10.0 Å². The summed E-state index contributed by atoms with van der Waals surface area (Å²) in [6.07, 6.45) is 0. The van der Waals surface area contributed by atoms with Crippen LogP contribution in [0.1, 0.15) is 10.4 Å². The van der Waals surface area contributed by atoms with Crippen LogP contribution in [0, 0.1) is 10.1 Å². The Balaban J connectivity index is 1.88. The van der Waals surface area contributed by atoms with E-state index in [0.717, 1.165) is 10.8 Å². The Hall–Kier alpha value is -2.22. The number of hydrogen-bond donors (Lipinski definition) is 1. The van der Waals surface area contributed by atoms with Crippen molar-refractivity contribution in [3.05, 3.63) is 62.1 Å². The third-order valence-electron chi connectivity index (χ3n) is 2.98. The zero-order chi connectivity index (χ0) is 16.6.